The number of benzene rings is 1. The first-order valence-electron chi connectivity index (χ1n) is 5.87. The van der Waals surface area contributed by atoms with Crippen LogP contribution in [0.15, 0.2) is 22.6 Å². The van der Waals surface area contributed by atoms with Crippen molar-refractivity contribution < 1.29 is 14.1 Å². The van der Waals surface area contributed by atoms with Crippen molar-refractivity contribution in [3.05, 3.63) is 34.2 Å². The number of nitro groups is 1. The molecule has 0 unspecified atom stereocenters. The Balaban J connectivity index is 2.39. The molecule has 1 aromatic carbocycles. The number of halogens is 1. The molecule has 0 atom stereocenters. The van der Waals surface area contributed by atoms with Crippen molar-refractivity contribution in [2.45, 2.75) is 12.8 Å². The Labute approximate surface area is 119 Å². The molecule has 0 N–H and O–H groups in total. The highest BCUT2D eigenvalue weighted by Gasteiger charge is 2.22. The van der Waals surface area contributed by atoms with Crippen molar-refractivity contribution in [2.75, 3.05) is 13.0 Å². The fourth-order valence-corrected chi connectivity index (χ4v) is 1.87. The Bertz CT molecular complexity index is 614. The largest absolute Gasteiger partial charge is 0.490 e. The normalized spacial score (nSPS) is 10.5. The summed E-state index contributed by atoms with van der Waals surface area (Å²) in [6.45, 7) is 0. The summed E-state index contributed by atoms with van der Waals surface area (Å²) in [5.41, 5.74) is 0.247. The molecule has 0 saturated carbocycles. The molecule has 0 spiro atoms. The first kappa shape index (κ1) is 14.3. The predicted octanol–water partition coefficient (Wildman–Crippen LogP) is 2.82. The molecule has 20 heavy (non-hydrogen) atoms. The Kier molecular flexibility index (Phi) is 4.52. The zero-order valence-corrected chi connectivity index (χ0v) is 11.5. The van der Waals surface area contributed by atoms with Gasteiger partial charge in [0.1, 0.15) is 0 Å². The smallest absolute Gasteiger partial charge is 0.311 e. The number of rotatable bonds is 6. The number of alkyl halides is 1. The lowest BCUT2D eigenvalue weighted by molar-refractivity contribution is -0.385. The summed E-state index contributed by atoms with van der Waals surface area (Å²) in [5.74, 6) is 1.23. The van der Waals surface area contributed by atoms with Crippen LogP contribution in [-0.2, 0) is 6.42 Å². The van der Waals surface area contributed by atoms with E-state index in [0.29, 0.717) is 23.8 Å². The van der Waals surface area contributed by atoms with Crippen LogP contribution in [0.2, 0.25) is 0 Å². The Morgan fingerprint density at radius 3 is 2.90 bits per heavy atom. The van der Waals surface area contributed by atoms with Crippen LogP contribution in [0.1, 0.15) is 12.3 Å². The van der Waals surface area contributed by atoms with Gasteiger partial charge in [-0.25, -0.2) is 0 Å². The molecule has 1 heterocycles. The molecule has 0 aliphatic heterocycles. The molecular formula is C12H12ClN3O4. The van der Waals surface area contributed by atoms with E-state index < -0.39 is 4.92 Å². The molecule has 7 nitrogen and oxygen atoms in total. The van der Waals surface area contributed by atoms with Crippen molar-refractivity contribution in [3.63, 3.8) is 0 Å². The van der Waals surface area contributed by atoms with E-state index in [9.17, 15) is 10.1 Å². The fraction of sp³-hybridized carbons (Fsp3) is 0.333. The highest BCUT2D eigenvalue weighted by atomic mass is 35.5. The molecule has 2 aromatic rings. The SMILES string of the molecule is COc1c(-c2nnc(CCCCl)o2)cccc1[N+](=O)[O-]. The zero-order chi connectivity index (χ0) is 14.5. The van der Waals surface area contributed by atoms with Gasteiger partial charge in [-0.1, -0.05) is 6.07 Å². The quantitative estimate of drug-likeness (QED) is 0.462. The first-order chi connectivity index (χ1) is 9.67. The number of aryl methyl sites for hydroxylation is 1. The third-order valence-electron chi connectivity index (χ3n) is 2.62. The van der Waals surface area contributed by atoms with Crippen molar-refractivity contribution in [1.29, 1.82) is 0 Å². The maximum atomic E-state index is 11.0. The van der Waals surface area contributed by atoms with E-state index in [-0.39, 0.29) is 17.3 Å². The van der Waals surface area contributed by atoms with Crippen LogP contribution >= 0.6 is 11.6 Å². The van der Waals surface area contributed by atoms with Gasteiger partial charge >= 0.3 is 5.69 Å². The average molecular weight is 298 g/mol. The fourth-order valence-electron chi connectivity index (χ4n) is 1.73. The second-order valence-electron chi connectivity index (χ2n) is 3.91. The Morgan fingerprint density at radius 1 is 1.45 bits per heavy atom. The molecule has 2 rings (SSSR count). The zero-order valence-electron chi connectivity index (χ0n) is 10.7. The van der Waals surface area contributed by atoms with Gasteiger partial charge in [-0.05, 0) is 12.5 Å². The van der Waals surface area contributed by atoms with E-state index in [1.807, 2.05) is 0 Å². The molecule has 0 fully saturated rings. The van der Waals surface area contributed by atoms with Crippen LogP contribution in [0, 0.1) is 10.1 Å². The molecule has 0 amide bonds. The second kappa shape index (κ2) is 6.33. The van der Waals surface area contributed by atoms with E-state index in [0.717, 1.165) is 6.42 Å². The van der Waals surface area contributed by atoms with Crippen molar-refractivity contribution in [1.82, 2.24) is 10.2 Å². The van der Waals surface area contributed by atoms with Crippen LogP contribution in [-0.4, -0.2) is 28.1 Å². The van der Waals surface area contributed by atoms with Crippen molar-refractivity contribution >= 4 is 17.3 Å². The molecule has 1 aromatic heterocycles. The van der Waals surface area contributed by atoms with Crippen LogP contribution in [0.25, 0.3) is 11.5 Å². The summed E-state index contributed by atoms with van der Waals surface area (Å²) >= 11 is 5.59. The number of aromatic nitrogens is 2. The Hall–Kier alpha value is -2.15. The van der Waals surface area contributed by atoms with Crippen molar-refractivity contribution in [3.8, 4) is 17.2 Å². The summed E-state index contributed by atoms with van der Waals surface area (Å²) in [4.78, 5) is 10.4. The topological polar surface area (TPSA) is 91.3 Å². The summed E-state index contributed by atoms with van der Waals surface area (Å²) in [5, 5.41) is 18.7. The number of nitro benzene ring substituents is 1. The summed E-state index contributed by atoms with van der Waals surface area (Å²) in [6, 6.07) is 4.52. The maximum Gasteiger partial charge on any atom is 0.311 e. The van der Waals surface area contributed by atoms with E-state index in [2.05, 4.69) is 10.2 Å². The molecule has 0 aliphatic rings. The Morgan fingerprint density at radius 2 is 2.25 bits per heavy atom. The lowest BCUT2D eigenvalue weighted by Gasteiger charge is -2.05. The molecule has 0 bridgehead atoms. The molecule has 0 radical (unpaired) electrons. The summed E-state index contributed by atoms with van der Waals surface area (Å²) < 4.78 is 10.6. The highest BCUT2D eigenvalue weighted by molar-refractivity contribution is 6.17. The van der Waals surface area contributed by atoms with Gasteiger partial charge in [-0.15, -0.1) is 21.8 Å². The van der Waals surface area contributed by atoms with Crippen molar-refractivity contribution in [2.24, 2.45) is 0 Å². The minimum Gasteiger partial charge on any atom is -0.490 e. The second-order valence-corrected chi connectivity index (χ2v) is 4.29. The summed E-state index contributed by atoms with van der Waals surface area (Å²) in [7, 11) is 1.36. The van der Waals surface area contributed by atoms with Gasteiger partial charge in [0.2, 0.25) is 11.6 Å². The van der Waals surface area contributed by atoms with Gasteiger partial charge in [-0.2, -0.15) is 0 Å². The number of ether oxygens (including phenoxy) is 1. The minimum absolute atomic E-state index is 0.102. The van der Waals surface area contributed by atoms with Gasteiger partial charge in [0, 0.05) is 18.4 Å². The third kappa shape index (κ3) is 2.88. The van der Waals surface area contributed by atoms with Crippen LogP contribution in [0.3, 0.4) is 0 Å². The average Bonchev–Trinajstić information content (AvgIpc) is 2.92. The third-order valence-corrected chi connectivity index (χ3v) is 2.88. The molecule has 106 valence electrons. The number of hydrogen-bond donors (Lipinski definition) is 0. The van der Waals surface area contributed by atoms with Crippen LogP contribution in [0.5, 0.6) is 5.75 Å². The number of hydrogen-bond acceptors (Lipinski definition) is 6. The van der Waals surface area contributed by atoms with E-state index in [4.69, 9.17) is 20.8 Å². The maximum absolute atomic E-state index is 11.0. The van der Waals surface area contributed by atoms with Crippen LogP contribution in [0.4, 0.5) is 5.69 Å². The minimum atomic E-state index is -0.521. The molecule has 0 aliphatic carbocycles. The molecule has 8 heteroatoms. The highest BCUT2D eigenvalue weighted by Crippen LogP contribution is 2.36. The van der Waals surface area contributed by atoms with Gasteiger partial charge in [0.05, 0.1) is 17.6 Å². The van der Waals surface area contributed by atoms with Crippen LogP contribution < -0.4 is 4.74 Å². The van der Waals surface area contributed by atoms with Gasteiger partial charge in [-0.3, -0.25) is 10.1 Å². The van der Waals surface area contributed by atoms with E-state index >= 15 is 0 Å². The number of para-hydroxylation sites is 1. The number of nitrogens with zero attached hydrogens (tertiary/aromatic N) is 3. The van der Waals surface area contributed by atoms with E-state index in [1.54, 1.807) is 12.1 Å². The molecule has 0 saturated heterocycles. The first-order valence-corrected chi connectivity index (χ1v) is 6.41. The van der Waals surface area contributed by atoms with Gasteiger partial charge in [0.15, 0.2) is 0 Å². The lowest BCUT2D eigenvalue weighted by Crippen LogP contribution is -1.95. The lowest BCUT2D eigenvalue weighted by atomic mass is 10.1. The molecular weight excluding hydrogens is 286 g/mol. The summed E-state index contributed by atoms with van der Waals surface area (Å²) in [6.07, 6.45) is 1.28. The van der Waals surface area contributed by atoms with E-state index in [1.165, 1.54) is 13.2 Å². The monoisotopic (exact) mass is 297 g/mol. The van der Waals surface area contributed by atoms with Gasteiger partial charge < -0.3 is 9.15 Å². The van der Waals surface area contributed by atoms with Gasteiger partial charge in [0.25, 0.3) is 5.89 Å². The predicted molar refractivity (Wildman–Crippen MR) is 72.0 cm³/mol. The number of methoxy groups -OCH3 is 1. The standard InChI is InChI=1S/C12H12ClN3O4/c1-19-11-8(4-2-5-9(11)16(17)18)12-15-14-10(20-12)6-3-7-13/h2,4-5H,3,6-7H2,1H3.